The highest BCUT2D eigenvalue weighted by Crippen LogP contribution is 2.37. The molecule has 2 atom stereocenters. The van der Waals surface area contributed by atoms with Crippen LogP contribution in [0.5, 0.6) is 0 Å². The monoisotopic (exact) mass is 239 g/mol. The molecule has 98 valence electrons. The van der Waals surface area contributed by atoms with E-state index >= 15 is 0 Å². The lowest BCUT2D eigenvalue weighted by molar-refractivity contribution is -0.124. The lowest BCUT2D eigenvalue weighted by atomic mass is 9.95. The lowest BCUT2D eigenvalue weighted by Gasteiger charge is -2.31. The van der Waals surface area contributed by atoms with Crippen molar-refractivity contribution in [3.8, 4) is 0 Å². The highest BCUT2D eigenvalue weighted by molar-refractivity contribution is 5.85. The molecule has 0 aromatic carbocycles. The van der Waals surface area contributed by atoms with E-state index in [0.717, 1.165) is 25.3 Å². The average molecular weight is 239 g/mol. The van der Waals surface area contributed by atoms with Crippen LogP contribution in [0.25, 0.3) is 0 Å². The first-order valence-electron chi connectivity index (χ1n) is 6.74. The van der Waals surface area contributed by atoms with Gasteiger partial charge in [-0.3, -0.25) is 4.79 Å². The summed E-state index contributed by atoms with van der Waals surface area (Å²) in [5, 5.41) is 3.40. The van der Waals surface area contributed by atoms with Crippen LogP contribution in [0.15, 0.2) is 0 Å². The minimum absolute atomic E-state index is 0.183. The number of nitrogens with zero attached hydrogens (tertiary/aromatic N) is 1. The van der Waals surface area contributed by atoms with Gasteiger partial charge >= 0.3 is 0 Å². The van der Waals surface area contributed by atoms with E-state index in [0.29, 0.717) is 12.1 Å². The third kappa shape index (κ3) is 2.63. The predicted octanol–water partition coefficient (Wildman–Crippen LogP) is 0.855. The van der Waals surface area contributed by atoms with Crippen molar-refractivity contribution in [2.75, 3.05) is 7.05 Å². The maximum absolute atomic E-state index is 11.8. The second kappa shape index (κ2) is 4.58. The number of primary amides is 1. The third-order valence-electron chi connectivity index (χ3n) is 4.22. The van der Waals surface area contributed by atoms with Crippen LogP contribution in [0.4, 0.5) is 0 Å². The zero-order valence-corrected chi connectivity index (χ0v) is 11.2. The van der Waals surface area contributed by atoms with Crippen LogP contribution in [0, 0.1) is 0 Å². The Morgan fingerprint density at radius 2 is 2.00 bits per heavy atom. The third-order valence-corrected chi connectivity index (χ3v) is 4.22. The van der Waals surface area contributed by atoms with E-state index in [9.17, 15) is 4.79 Å². The van der Waals surface area contributed by atoms with Crippen molar-refractivity contribution in [3.05, 3.63) is 0 Å². The Morgan fingerprint density at radius 3 is 2.47 bits per heavy atom. The first-order chi connectivity index (χ1) is 7.94. The number of carbonyl (C=O) groups excluding carboxylic acids is 1. The summed E-state index contributed by atoms with van der Waals surface area (Å²) in [5.41, 5.74) is 5.14. The van der Waals surface area contributed by atoms with Crippen LogP contribution >= 0.6 is 0 Å². The Balaban J connectivity index is 2.02. The van der Waals surface area contributed by atoms with E-state index in [4.69, 9.17) is 5.73 Å². The van der Waals surface area contributed by atoms with Gasteiger partial charge in [-0.1, -0.05) is 0 Å². The van der Waals surface area contributed by atoms with Crippen LogP contribution < -0.4 is 11.1 Å². The molecule has 1 amide bonds. The Hall–Kier alpha value is -0.610. The highest BCUT2D eigenvalue weighted by atomic mass is 16.1. The van der Waals surface area contributed by atoms with Crippen LogP contribution in [0.3, 0.4) is 0 Å². The Kier molecular flexibility index (Phi) is 3.46. The molecule has 4 nitrogen and oxygen atoms in total. The topological polar surface area (TPSA) is 58.4 Å². The second-order valence-electron chi connectivity index (χ2n) is 6.04. The van der Waals surface area contributed by atoms with Crippen LogP contribution in [-0.2, 0) is 4.79 Å². The molecule has 2 fully saturated rings. The molecule has 0 aromatic heterocycles. The van der Waals surface area contributed by atoms with E-state index in [-0.39, 0.29) is 5.91 Å². The Morgan fingerprint density at radius 1 is 1.35 bits per heavy atom. The van der Waals surface area contributed by atoms with Gasteiger partial charge in [-0.2, -0.15) is 0 Å². The normalized spacial score (nSPS) is 33.6. The largest absolute Gasteiger partial charge is 0.368 e. The fraction of sp³-hybridized carbons (Fsp3) is 0.923. The molecule has 0 heterocycles. The van der Waals surface area contributed by atoms with Gasteiger partial charge in [0.25, 0.3) is 0 Å². The molecular formula is C13H25N3O. The summed E-state index contributed by atoms with van der Waals surface area (Å²) < 4.78 is 0. The molecule has 2 unspecified atom stereocenters. The average Bonchev–Trinajstić information content (AvgIpc) is 2.99. The first kappa shape index (κ1) is 12.8. The van der Waals surface area contributed by atoms with Crippen LogP contribution in [-0.4, -0.2) is 41.5 Å². The van der Waals surface area contributed by atoms with E-state index in [1.165, 1.54) is 12.8 Å². The molecule has 0 radical (unpaired) electrons. The Bertz CT molecular complexity index is 301. The van der Waals surface area contributed by atoms with E-state index in [2.05, 4.69) is 31.1 Å². The fourth-order valence-electron chi connectivity index (χ4n) is 3.13. The van der Waals surface area contributed by atoms with Crippen molar-refractivity contribution in [1.82, 2.24) is 10.2 Å². The van der Waals surface area contributed by atoms with Gasteiger partial charge in [-0.15, -0.1) is 0 Å². The summed E-state index contributed by atoms with van der Waals surface area (Å²) in [5.74, 6) is -0.183. The highest BCUT2D eigenvalue weighted by Gasteiger charge is 2.47. The number of carbonyl (C=O) groups is 1. The summed E-state index contributed by atoms with van der Waals surface area (Å²) in [4.78, 5) is 14.2. The van der Waals surface area contributed by atoms with Gasteiger partial charge < -0.3 is 16.0 Å². The molecule has 2 saturated carbocycles. The van der Waals surface area contributed by atoms with Crippen molar-refractivity contribution in [1.29, 1.82) is 0 Å². The lowest BCUT2D eigenvalue weighted by Crippen LogP contribution is -2.56. The van der Waals surface area contributed by atoms with E-state index in [1.807, 2.05) is 0 Å². The molecule has 2 aliphatic carbocycles. The molecule has 17 heavy (non-hydrogen) atoms. The van der Waals surface area contributed by atoms with Crippen molar-refractivity contribution in [3.63, 3.8) is 0 Å². The molecule has 0 bridgehead atoms. The van der Waals surface area contributed by atoms with Gasteiger partial charge in [-0.05, 0) is 53.0 Å². The molecule has 2 rings (SSSR count). The van der Waals surface area contributed by atoms with Crippen molar-refractivity contribution in [2.24, 2.45) is 5.73 Å². The molecular weight excluding hydrogens is 214 g/mol. The maximum Gasteiger partial charge on any atom is 0.237 e. The van der Waals surface area contributed by atoms with E-state index in [1.54, 1.807) is 0 Å². The number of nitrogens with two attached hydrogens (primary N) is 1. The molecule has 0 aromatic rings. The number of hydrogen-bond acceptors (Lipinski definition) is 3. The van der Waals surface area contributed by atoms with Gasteiger partial charge in [0, 0.05) is 18.1 Å². The summed E-state index contributed by atoms with van der Waals surface area (Å²) in [6.45, 7) is 4.14. The van der Waals surface area contributed by atoms with Crippen LogP contribution in [0.1, 0.15) is 46.0 Å². The van der Waals surface area contributed by atoms with Crippen molar-refractivity contribution in [2.45, 2.75) is 69.6 Å². The second-order valence-corrected chi connectivity index (χ2v) is 6.04. The summed E-state index contributed by atoms with van der Waals surface area (Å²) in [7, 11) is 2.19. The SMILES string of the molecule is CC(C)NC1(C(N)=O)CCC(N(C)C2CC2)C1. The smallest absolute Gasteiger partial charge is 0.237 e. The van der Waals surface area contributed by atoms with Crippen molar-refractivity contribution < 1.29 is 4.79 Å². The zero-order chi connectivity index (χ0) is 12.6. The summed E-state index contributed by atoms with van der Waals surface area (Å²) >= 11 is 0. The molecule has 3 N–H and O–H groups in total. The van der Waals surface area contributed by atoms with Gasteiger partial charge in [0.2, 0.25) is 5.91 Å². The number of rotatable bonds is 5. The fourth-order valence-corrected chi connectivity index (χ4v) is 3.13. The zero-order valence-electron chi connectivity index (χ0n) is 11.2. The first-order valence-corrected chi connectivity index (χ1v) is 6.74. The van der Waals surface area contributed by atoms with Gasteiger partial charge in [0.15, 0.2) is 0 Å². The number of hydrogen-bond donors (Lipinski definition) is 2. The molecule has 4 heteroatoms. The Labute approximate surface area is 104 Å². The summed E-state index contributed by atoms with van der Waals surface area (Å²) in [6.07, 6.45) is 5.45. The molecule has 0 aliphatic heterocycles. The minimum Gasteiger partial charge on any atom is -0.368 e. The molecule has 2 aliphatic rings. The van der Waals surface area contributed by atoms with Crippen molar-refractivity contribution >= 4 is 5.91 Å². The maximum atomic E-state index is 11.8. The van der Waals surface area contributed by atoms with Gasteiger partial charge in [-0.25, -0.2) is 0 Å². The summed E-state index contributed by atoms with van der Waals surface area (Å²) in [6, 6.07) is 1.57. The quantitative estimate of drug-likeness (QED) is 0.748. The molecule has 0 spiro atoms. The van der Waals surface area contributed by atoms with Crippen LogP contribution in [0.2, 0.25) is 0 Å². The van der Waals surface area contributed by atoms with E-state index < -0.39 is 5.54 Å². The molecule has 0 saturated heterocycles. The standard InChI is InChI=1S/C13H25N3O/c1-9(2)15-13(12(14)17)7-6-11(8-13)16(3)10-4-5-10/h9-11,15H,4-8H2,1-3H3,(H2,14,17). The number of nitrogens with one attached hydrogen (secondary N) is 1. The predicted molar refractivity (Wildman–Crippen MR) is 68.6 cm³/mol. The van der Waals surface area contributed by atoms with Gasteiger partial charge in [0.05, 0.1) is 5.54 Å². The minimum atomic E-state index is -0.470. The van der Waals surface area contributed by atoms with Gasteiger partial charge in [0.1, 0.15) is 0 Å². The number of amides is 1.